The van der Waals surface area contributed by atoms with Gasteiger partial charge >= 0.3 is 0 Å². The van der Waals surface area contributed by atoms with Crippen LogP contribution < -0.4 is 0 Å². The van der Waals surface area contributed by atoms with Crippen LogP contribution in [0.25, 0.3) is 0 Å². The van der Waals surface area contributed by atoms with E-state index in [0.717, 1.165) is 104 Å². The SMILES string of the molecule is CC(C)C1CC2CC2C1C(C)C.CC(C)C1CCC2(CC1C(C)C)OCCO2.CC(C)C1CCOC1C(C)C. The smallest absolute Gasteiger partial charge is 0.168 e. The van der Waals surface area contributed by atoms with E-state index >= 15 is 0 Å². The van der Waals surface area contributed by atoms with Gasteiger partial charge < -0.3 is 14.2 Å². The number of ether oxygens (including phenoxy) is 3. The van der Waals surface area contributed by atoms with Crippen LogP contribution >= 0.6 is 0 Å². The first-order valence-electron chi connectivity index (χ1n) is 17.2. The summed E-state index contributed by atoms with van der Waals surface area (Å²) in [6.07, 6.45) is 8.36. The molecule has 2 aliphatic heterocycles. The molecular formula is C36H68O3. The van der Waals surface area contributed by atoms with Gasteiger partial charge in [-0.25, -0.2) is 0 Å². The first kappa shape index (κ1) is 33.4. The molecule has 3 nitrogen and oxygen atoms in total. The van der Waals surface area contributed by atoms with Gasteiger partial charge in [-0.2, -0.15) is 0 Å². The largest absolute Gasteiger partial charge is 0.378 e. The molecule has 39 heavy (non-hydrogen) atoms. The summed E-state index contributed by atoms with van der Waals surface area (Å²) in [5.41, 5.74) is 0. The molecule has 0 N–H and O–H groups in total. The maximum absolute atomic E-state index is 5.87. The highest BCUT2D eigenvalue weighted by molar-refractivity contribution is 5.03. The van der Waals surface area contributed by atoms with Crippen LogP contribution in [0.5, 0.6) is 0 Å². The van der Waals surface area contributed by atoms with E-state index < -0.39 is 0 Å². The molecule has 3 heteroatoms. The molecule has 2 heterocycles. The number of rotatable bonds is 6. The van der Waals surface area contributed by atoms with Crippen LogP contribution in [0.15, 0.2) is 0 Å². The Kier molecular flexibility index (Phi) is 12.3. The molecule has 3 aliphatic carbocycles. The predicted molar refractivity (Wildman–Crippen MR) is 166 cm³/mol. The summed E-state index contributed by atoms with van der Waals surface area (Å²) in [5, 5.41) is 0. The summed E-state index contributed by atoms with van der Waals surface area (Å²) < 4.78 is 17.4. The lowest BCUT2D eigenvalue weighted by Crippen LogP contribution is -2.43. The van der Waals surface area contributed by atoms with Crippen molar-refractivity contribution in [2.24, 2.45) is 76.9 Å². The van der Waals surface area contributed by atoms with E-state index in [1.165, 1.54) is 12.8 Å². The third kappa shape index (κ3) is 8.47. The molecule has 0 aromatic heterocycles. The summed E-state index contributed by atoms with van der Waals surface area (Å²) in [5.74, 6) is 11.4. The molecule has 230 valence electrons. The van der Waals surface area contributed by atoms with Gasteiger partial charge in [0, 0.05) is 19.4 Å². The summed E-state index contributed by atoms with van der Waals surface area (Å²) in [7, 11) is 0. The van der Waals surface area contributed by atoms with Gasteiger partial charge in [0.05, 0.1) is 19.3 Å². The van der Waals surface area contributed by atoms with Gasteiger partial charge in [0.1, 0.15) is 0 Å². The molecule has 0 amide bonds. The Hall–Kier alpha value is -0.120. The first-order valence-corrected chi connectivity index (χ1v) is 17.2. The lowest BCUT2D eigenvalue weighted by atomic mass is 9.67. The van der Waals surface area contributed by atoms with Crippen LogP contribution in [0.1, 0.15) is 122 Å². The zero-order valence-electron chi connectivity index (χ0n) is 28.2. The average molecular weight is 549 g/mol. The van der Waals surface area contributed by atoms with Crippen LogP contribution in [0.2, 0.25) is 0 Å². The van der Waals surface area contributed by atoms with E-state index in [0.29, 0.717) is 12.0 Å². The van der Waals surface area contributed by atoms with Crippen LogP contribution in [-0.4, -0.2) is 31.7 Å². The van der Waals surface area contributed by atoms with Crippen molar-refractivity contribution in [2.45, 2.75) is 134 Å². The fraction of sp³-hybridized carbons (Fsp3) is 1.00. The second kappa shape index (κ2) is 14.4. The van der Waals surface area contributed by atoms with Crippen LogP contribution in [0.3, 0.4) is 0 Å². The lowest BCUT2D eigenvalue weighted by molar-refractivity contribution is -0.201. The Morgan fingerprint density at radius 3 is 1.54 bits per heavy atom. The topological polar surface area (TPSA) is 27.7 Å². The molecule has 3 saturated carbocycles. The lowest BCUT2D eigenvalue weighted by Gasteiger charge is -2.44. The molecule has 8 atom stereocenters. The highest BCUT2D eigenvalue weighted by Crippen LogP contribution is 2.61. The van der Waals surface area contributed by atoms with Crippen LogP contribution in [-0.2, 0) is 14.2 Å². The van der Waals surface area contributed by atoms with Gasteiger partial charge in [0.25, 0.3) is 0 Å². The van der Waals surface area contributed by atoms with E-state index in [2.05, 4.69) is 83.1 Å². The fourth-order valence-corrected chi connectivity index (χ4v) is 9.10. The fourth-order valence-electron chi connectivity index (χ4n) is 9.10. The van der Waals surface area contributed by atoms with Crippen LogP contribution in [0.4, 0.5) is 0 Å². The first-order chi connectivity index (χ1) is 18.3. The van der Waals surface area contributed by atoms with Crippen molar-refractivity contribution in [3.63, 3.8) is 0 Å². The normalized spacial score (nSPS) is 37.1. The van der Waals surface area contributed by atoms with E-state index in [9.17, 15) is 0 Å². The summed E-state index contributed by atoms with van der Waals surface area (Å²) in [6, 6.07) is 0. The van der Waals surface area contributed by atoms with Crippen molar-refractivity contribution in [2.75, 3.05) is 19.8 Å². The maximum Gasteiger partial charge on any atom is 0.168 e. The Bertz CT molecular complexity index is 690. The molecule has 2 saturated heterocycles. The Morgan fingerprint density at radius 1 is 0.538 bits per heavy atom. The summed E-state index contributed by atoms with van der Waals surface area (Å²) >= 11 is 0. The molecule has 0 aromatic rings. The van der Waals surface area contributed by atoms with Crippen molar-refractivity contribution in [3.05, 3.63) is 0 Å². The Labute approximate surface area is 244 Å². The molecule has 8 unspecified atom stereocenters. The van der Waals surface area contributed by atoms with Crippen molar-refractivity contribution >= 4 is 0 Å². The van der Waals surface area contributed by atoms with Gasteiger partial charge in [-0.3, -0.25) is 0 Å². The molecular weight excluding hydrogens is 480 g/mol. The Balaban J connectivity index is 0.000000165. The summed E-state index contributed by atoms with van der Waals surface area (Å²) in [6.45, 7) is 30.7. The zero-order chi connectivity index (χ0) is 29.1. The zero-order valence-corrected chi connectivity index (χ0v) is 28.2. The number of fused-ring (bicyclic) bond motifs is 1. The third-order valence-electron chi connectivity index (χ3n) is 11.3. The summed E-state index contributed by atoms with van der Waals surface area (Å²) in [4.78, 5) is 0. The highest BCUT2D eigenvalue weighted by Gasteiger charge is 2.54. The minimum absolute atomic E-state index is 0.208. The van der Waals surface area contributed by atoms with Gasteiger partial charge in [-0.1, -0.05) is 83.1 Å². The third-order valence-corrected chi connectivity index (χ3v) is 11.3. The quantitative estimate of drug-likeness (QED) is 0.330. The van der Waals surface area contributed by atoms with Gasteiger partial charge in [-0.15, -0.1) is 0 Å². The molecule has 0 aromatic carbocycles. The van der Waals surface area contributed by atoms with E-state index in [4.69, 9.17) is 14.2 Å². The maximum atomic E-state index is 5.87. The minimum Gasteiger partial charge on any atom is -0.378 e. The van der Waals surface area contributed by atoms with Crippen molar-refractivity contribution in [1.82, 2.24) is 0 Å². The Morgan fingerprint density at radius 2 is 1.10 bits per heavy atom. The number of hydrogen-bond acceptors (Lipinski definition) is 3. The van der Waals surface area contributed by atoms with Crippen molar-refractivity contribution in [1.29, 1.82) is 0 Å². The molecule has 5 aliphatic rings. The number of hydrogen-bond donors (Lipinski definition) is 0. The molecule has 0 radical (unpaired) electrons. The van der Waals surface area contributed by atoms with E-state index in [1.54, 1.807) is 12.8 Å². The minimum atomic E-state index is -0.208. The van der Waals surface area contributed by atoms with Gasteiger partial charge in [0.15, 0.2) is 5.79 Å². The van der Waals surface area contributed by atoms with E-state index in [1.807, 2.05) is 0 Å². The predicted octanol–water partition coefficient (Wildman–Crippen LogP) is 9.73. The van der Waals surface area contributed by atoms with Crippen molar-refractivity contribution in [3.8, 4) is 0 Å². The van der Waals surface area contributed by atoms with Gasteiger partial charge in [0.2, 0.25) is 0 Å². The standard InChI is InChI=1S/C14H26O2.C12H22.C10H20O/c1-10(2)12-5-6-14(15-7-8-16-14)9-13(12)11(3)4;1-7(2)10-5-9-6-11(9)12(10)8(3)4;1-7(2)9-5-6-11-10(9)8(3)4/h10-13H,5-9H2,1-4H3;7-12H,5-6H2,1-4H3;7-10H,5-6H2,1-4H3. The van der Waals surface area contributed by atoms with Crippen molar-refractivity contribution < 1.29 is 14.2 Å². The second-order valence-corrected chi connectivity index (χ2v) is 16.1. The van der Waals surface area contributed by atoms with Gasteiger partial charge in [-0.05, 0) is 103 Å². The molecule has 5 rings (SSSR count). The molecule has 0 bridgehead atoms. The molecule has 1 spiro atoms. The molecule has 5 fully saturated rings. The second-order valence-electron chi connectivity index (χ2n) is 16.1. The average Bonchev–Trinajstić information content (AvgIpc) is 3.25. The van der Waals surface area contributed by atoms with Crippen LogP contribution in [0, 0.1) is 76.9 Å². The van der Waals surface area contributed by atoms with E-state index in [-0.39, 0.29) is 5.79 Å². The highest BCUT2D eigenvalue weighted by atomic mass is 16.7. The monoisotopic (exact) mass is 549 g/mol.